The summed E-state index contributed by atoms with van der Waals surface area (Å²) < 4.78 is 0. The molecule has 0 heterocycles. The quantitative estimate of drug-likeness (QED) is 0.115. The van der Waals surface area contributed by atoms with Gasteiger partial charge in [0.05, 0.1) is 0 Å². The highest BCUT2D eigenvalue weighted by Gasteiger charge is 1.97. The van der Waals surface area contributed by atoms with E-state index in [0.29, 0.717) is 13.0 Å². The van der Waals surface area contributed by atoms with Crippen molar-refractivity contribution in [2.24, 2.45) is 5.16 Å². The SMILES string of the molecule is O=C(O)CCCCCCCC/C=N/O.O=C(O)CCCCCCCCCO. The Morgan fingerprint density at radius 3 is 1.37 bits per heavy atom. The Kier molecular flexibility index (Phi) is 24.9. The Morgan fingerprint density at radius 1 is 0.630 bits per heavy atom. The summed E-state index contributed by atoms with van der Waals surface area (Å²) in [5, 5.41) is 36.3. The molecule has 0 amide bonds. The van der Waals surface area contributed by atoms with E-state index in [4.69, 9.17) is 20.5 Å². The van der Waals surface area contributed by atoms with Crippen LogP contribution in [0.25, 0.3) is 0 Å². The third-order valence-electron chi connectivity index (χ3n) is 4.10. The molecule has 0 saturated heterocycles. The van der Waals surface area contributed by atoms with Crippen molar-refractivity contribution >= 4 is 18.2 Å². The normalized spacial score (nSPS) is 10.6. The molecule has 0 bridgehead atoms. The van der Waals surface area contributed by atoms with Crippen LogP contribution in [0.2, 0.25) is 0 Å². The Hall–Kier alpha value is -1.63. The van der Waals surface area contributed by atoms with Crippen LogP contribution < -0.4 is 0 Å². The van der Waals surface area contributed by atoms with Gasteiger partial charge in [-0.2, -0.15) is 0 Å². The molecule has 7 heteroatoms. The first-order valence-corrected chi connectivity index (χ1v) is 10.2. The summed E-state index contributed by atoms with van der Waals surface area (Å²) in [6.07, 6.45) is 16.4. The first kappa shape index (κ1) is 27.6. The van der Waals surface area contributed by atoms with E-state index in [-0.39, 0.29) is 6.42 Å². The molecule has 0 aliphatic heterocycles. The molecule has 0 aliphatic carbocycles. The highest BCUT2D eigenvalue weighted by atomic mass is 16.4. The number of carboxylic acid groups (broad SMARTS) is 2. The van der Waals surface area contributed by atoms with Crippen LogP contribution in [0.4, 0.5) is 0 Å². The molecule has 0 aromatic rings. The van der Waals surface area contributed by atoms with Crippen molar-refractivity contribution in [3.8, 4) is 0 Å². The summed E-state index contributed by atoms with van der Waals surface area (Å²) in [6.45, 7) is 0.291. The minimum Gasteiger partial charge on any atom is -0.481 e. The van der Waals surface area contributed by atoms with Crippen LogP contribution in [-0.2, 0) is 9.59 Å². The molecule has 160 valence electrons. The van der Waals surface area contributed by atoms with E-state index in [1.54, 1.807) is 0 Å². The molecule has 0 saturated carbocycles. The van der Waals surface area contributed by atoms with Gasteiger partial charge >= 0.3 is 11.9 Å². The minimum atomic E-state index is -0.704. The highest BCUT2D eigenvalue weighted by molar-refractivity contribution is 5.66. The van der Waals surface area contributed by atoms with Crippen LogP contribution in [0.15, 0.2) is 5.16 Å². The van der Waals surface area contributed by atoms with Crippen molar-refractivity contribution in [2.75, 3.05) is 6.61 Å². The van der Waals surface area contributed by atoms with Crippen molar-refractivity contribution in [3.63, 3.8) is 0 Å². The molecule has 0 fully saturated rings. The van der Waals surface area contributed by atoms with E-state index < -0.39 is 11.9 Å². The van der Waals surface area contributed by atoms with Gasteiger partial charge in [-0.05, 0) is 32.1 Å². The maximum absolute atomic E-state index is 10.2. The second-order valence-corrected chi connectivity index (χ2v) is 6.69. The number of aliphatic carboxylic acids is 2. The van der Waals surface area contributed by atoms with Gasteiger partial charge in [0.15, 0.2) is 0 Å². The van der Waals surface area contributed by atoms with Crippen molar-refractivity contribution in [2.45, 2.75) is 103 Å². The summed E-state index contributed by atoms with van der Waals surface area (Å²) in [5.74, 6) is -1.40. The molecule has 0 unspecified atom stereocenters. The lowest BCUT2D eigenvalue weighted by Gasteiger charge is -1.99. The third-order valence-corrected chi connectivity index (χ3v) is 4.10. The molecule has 0 rings (SSSR count). The summed E-state index contributed by atoms with van der Waals surface area (Å²) in [6, 6.07) is 0. The van der Waals surface area contributed by atoms with Gasteiger partial charge in [0, 0.05) is 25.7 Å². The van der Waals surface area contributed by atoms with Gasteiger partial charge in [-0.1, -0.05) is 57.8 Å². The van der Waals surface area contributed by atoms with Crippen molar-refractivity contribution in [1.29, 1.82) is 0 Å². The number of aliphatic hydroxyl groups is 1. The molecule has 0 radical (unpaired) electrons. The van der Waals surface area contributed by atoms with Gasteiger partial charge < -0.3 is 20.5 Å². The average molecular weight is 390 g/mol. The second kappa shape index (κ2) is 24.4. The van der Waals surface area contributed by atoms with Crippen LogP contribution in [0.5, 0.6) is 0 Å². The number of carbonyl (C=O) groups is 2. The molecule has 0 aromatic heterocycles. The minimum absolute atomic E-state index is 0.289. The summed E-state index contributed by atoms with van der Waals surface area (Å²) in [4.78, 5) is 20.3. The van der Waals surface area contributed by atoms with Crippen LogP contribution in [0.3, 0.4) is 0 Å². The number of rotatable bonds is 18. The number of hydrogen-bond donors (Lipinski definition) is 4. The molecular formula is C20H39NO6. The van der Waals surface area contributed by atoms with Crippen molar-refractivity contribution in [1.82, 2.24) is 0 Å². The maximum atomic E-state index is 10.2. The average Bonchev–Trinajstić information content (AvgIpc) is 2.62. The zero-order valence-corrected chi connectivity index (χ0v) is 16.7. The Balaban J connectivity index is 0. The molecule has 27 heavy (non-hydrogen) atoms. The maximum Gasteiger partial charge on any atom is 0.303 e. The van der Waals surface area contributed by atoms with Gasteiger partial charge in [-0.25, -0.2) is 0 Å². The monoisotopic (exact) mass is 389 g/mol. The topological polar surface area (TPSA) is 127 Å². The third kappa shape index (κ3) is 32.5. The zero-order valence-electron chi connectivity index (χ0n) is 16.7. The fraction of sp³-hybridized carbons (Fsp3) is 0.850. The summed E-state index contributed by atoms with van der Waals surface area (Å²) in [5.41, 5.74) is 0. The molecular weight excluding hydrogens is 350 g/mol. The number of carboxylic acids is 2. The lowest BCUT2D eigenvalue weighted by atomic mass is 10.1. The Morgan fingerprint density at radius 2 is 1.00 bits per heavy atom. The second-order valence-electron chi connectivity index (χ2n) is 6.69. The molecule has 0 aromatic carbocycles. The molecule has 0 spiro atoms. The van der Waals surface area contributed by atoms with Gasteiger partial charge in [0.1, 0.15) is 0 Å². The van der Waals surface area contributed by atoms with Crippen LogP contribution in [0, 0.1) is 0 Å². The molecule has 4 N–H and O–H groups in total. The predicted molar refractivity (Wildman–Crippen MR) is 107 cm³/mol. The van der Waals surface area contributed by atoms with E-state index >= 15 is 0 Å². The van der Waals surface area contributed by atoms with E-state index in [9.17, 15) is 9.59 Å². The highest BCUT2D eigenvalue weighted by Crippen LogP contribution is 2.08. The van der Waals surface area contributed by atoms with Crippen LogP contribution >= 0.6 is 0 Å². The largest absolute Gasteiger partial charge is 0.481 e. The number of oxime groups is 1. The predicted octanol–water partition coefficient (Wildman–Crippen LogP) is 4.84. The fourth-order valence-electron chi connectivity index (χ4n) is 2.55. The van der Waals surface area contributed by atoms with Gasteiger partial charge in [0.2, 0.25) is 0 Å². The zero-order chi connectivity index (χ0) is 20.6. The van der Waals surface area contributed by atoms with E-state index in [0.717, 1.165) is 83.5 Å². The molecule has 7 nitrogen and oxygen atoms in total. The summed E-state index contributed by atoms with van der Waals surface area (Å²) >= 11 is 0. The van der Waals surface area contributed by atoms with Crippen molar-refractivity contribution < 1.29 is 30.1 Å². The Bertz CT molecular complexity index is 360. The van der Waals surface area contributed by atoms with E-state index in [1.165, 1.54) is 12.6 Å². The smallest absolute Gasteiger partial charge is 0.303 e. The number of unbranched alkanes of at least 4 members (excludes halogenated alkanes) is 12. The number of aliphatic hydroxyl groups excluding tert-OH is 1. The van der Waals surface area contributed by atoms with Crippen LogP contribution in [-0.4, -0.2) is 45.3 Å². The molecule has 0 aliphatic rings. The molecule has 0 atom stereocenters. The van der Waals surface area contributed by atoms with E-state index in [1.807, 2.05) is 0 Å². The lowest BCUT2D eigenvalue weighted by molar-refractivity contribution is -0.138. The van der Waals surface area contributed by atoms with E-state index in [2.05, 4.69) is 5.16 Å². The van der Waals surface area contributed by atoms with Gasteiger partial charge in [0.25, 0.3) is 0 Å². The van der Waals surface area contributed by atoms with Gasteiger partial charge in [-0.15, -0.1) is 5.16 Å². The Labute approximate surface area is 163 Å². The lowest BCUT2D eigenvalue weighted by Crippen LogP contribution is -1.93. The number of nitrogens with zero attached hydrogens (tertiary/aromatic N) is 1. The number of hydrogen-bond acceptors (Lipinski definition) is 5. The van der Waals surface area contributed by atoms with Crippen LogP contribution in [0.1, 0.15) is 103 Å². The van der Waals surface area contributed by atoms with Crippen molar-refractivity contribution in [3.05, 3.63) is 0 Å². The first-order valence-electron chi connectivity index (χ1n) is 10.2. The summed E-state index contributed by atoms with van der Waals surface area (Å²) in [7, 11) is 0. The first-order chi connectivity index (χ1) is 13.0. The van der Waals surface area contributed by atoms with Gasteiger partial charge in [-0.3, -0.25) is 9.59 Å². The standard InChI is InChI=1S/C10H19NO3.C10H20O3/c12-10(13)8-6-4-2-1-3-5-7-9-11-14;11-9-7-5-3-1-2-4-6-8-10(12)13/h9,14H,1-8H2,(H,12,13);11H,1-9H2,(H,12,13)/b11-9+;. The fourth-order valence-corrected chi connectivity index (χ4v) is 2.55.